The van der Waals surface area contributed by atoms with Gasteiger partial charge in [-0.3, -0.25) is 0 Å². The van der Waals surface area contributed by atoms with Gasteiger partial charge in [-0.25, -0.2) is 4.98 Å². The van der Waals surface area contributed by atoms with Gasteiger partial charge in [0.2, 0.25) is 0 Å². The second-order valence-corrected chi connectivity index (χ2v) is 6.09. The molecule has 1 heterocycles. The van der Waals surface area contributed by atoms with Crippen LogP contribution in [0.15, 0.2) is 16.7 Å². The molecule has 1 aromatic heterocycles. The Morgan fingerprint density at radius 2 is 2.16 bits per heavy atom. The molecule has 0 aliphatic heterocycles. The Morgan fingerprint density at radius 3 is 2.84 bits per heavy atom. The highest BCUT2D eigenvalue weighted by molar-refractivity contribution is 9.10. The van der Waals surface area contributed by atoms with Crippen molar-refractivity contribution in [3.8, 4) is 5.75 Å². The summed E-state index contributed by atoms with van der Waals surface area (Å²) in [4.78, 5) is 13.1. The zero-order chi connectivity index (χ0) is 13.8. The topological polar surface area (TPSA) is 68.7 Å². The normalized spacial score (nSPS) is 24.1. The van der Waals surface area contributed by atoms with Crippen LogP contribution in [-0.4, -0.2) is 22.1 Å². The lowest BCUT2D eigenvalue weighted by molar-refractivity contribution is 0.0655. The molecule has 1 aromatic rings. The lowest BCUT2D eigenvalue weighted by Gasteiger charge is -2.26. The highest BCUT2D eigenvalue weighted by Crippen LogP contribution is 2.31. The smallest absolute Gasteiger partial charge is 0.488 e. The van der Waals surface area contributed by atoms with Crippen molar-refractivity contribution in [2.24, 2.45) is 0 Å². The van der Waals surface area contributed by atoms with Crippen molar-refractivity contribution in [1.29, 1.82) is 0 Å². The van der Waals surface area contributed by atoms with Crippen LogP contribution in [0.5, 0.6) is 5.75 Å². The third kappa shape index (κ3) is 4.49. The van der Waals surface area contributed by atoms with Crippen LogP contribution in [0.4, 0.5) is 0 Å². The van der Waals surface area contributed by atoms with Gasteiger partial charge in [-0.1, -0.05) is 0 Å². The summed E-state index contributed by atoms with van der Waals surface area (Å²) in [6, 6.07) is 3.72. The van der Waals surface area contributed by atoms with E-state index in [1.165, 1.54) is 0 Å². The lowest BCUT2D eigenvalue weighted by atomic mass is 9.95. The van der Waals surface area contributed by atoms with E-state index in [4.69, 9.17) is 14.2 Å². The molecule has 0 spiro atoms. The molecule has 104 valence electrons. The Morgan fingerprint density at radius 1 is 1.42 bits per heavy atom. The summed E-state index contributed by atoms with van der Waals surface area (Å²) < 4.78 is 22.4. The van der Waals surface area contributed by atoms with Crippen molar-refractivity contribution in [3.05, 3.63) is 22.4 Å². The molecule has 1 N–H and O–H groups in total. The van der Waals surface area contributed by atoms with Gasteiger partial charge in [0.25, 0.3) is 0 Å². The predicted molar refractivity (Wildman–Crippen MR) is 74.3 cm³/mol. The maximum Gasteiger partial charge on any atom is 0.694 e. The van der Waals surface area contributed by atoms with Gasteiger partial charge >= 0.3 is 8.25 Å². The van der Waals surface area contributed by atoms with E-state index < -0.39 is 8.25 Å². The quantitative estimate of drug-likeness (QED) is 0.666. The van der Waals surface area contributed by atoms with Gasteiger partial charge in [0, 0.05) is 11.0 Å². The lowest BCUT2D eigenvalue weighted by Crippen LogP contribution is -2.29. The maximum atomic E-state index is 10.7. The van der Waals surface area contributed by atoms with Crippen molar-refractivity contribution in [3.63, 3.8) is 0 Å². The number of ether oxygens (including phenoxy) is 1. The van der Waals surface area contributed by atoms with Gasteiger partial charge in [0.1, 0.15) is 22.6 Å². The average molecular weight is 349 g/mol. The Balaban J connectivity index is 1.96. The fraction of sp³-hybridized carbons (Fsp3) is 0.583. The molecule has 0 saturated heterocycles. The van der Waals surface area contributed by atoms with Crippen LogP contribution in [0.25, 0.3) is 0 Å². The first kappa shape index (κ1) is 14.9. The fourth-order valence-corrected chi connectivity index (χ4v) is 3.10. The standard InChI is InChI=1S/C12H15BrNO4P/c1-8-11(5-6-12(13)14-8)17-9-3-2-4-10(7-9)18-19(15)16/h5-6,9-10H,2-4,7H2,1H3/p+1. The highest BCUT2D eigenvalue weighted by Gasteiger charge is 2.30. The fourth-order valence-electron chi connectivity index (χ4n) is 2.25. The molecule has 3 atom stereocenters. The molecule has 3 unspecified atom stereocenters. The molecule has 1 aliphatic carbocycles. The Kier molecular flexibility index (Phi) is 5.28. The van der Waals surface area contributed by atoms with E-state index in [1.807, 2.05) is 19.1 Å². The monoisotopic (exact) mass is 348 g/mol. The largest absolute Gasteiger partial charge is 0.694 e. The molecule has 1 fully saturated rings. The van der Waals surface area contributed by atoms with Crippen molar-refractivity contribution < 1.29 is 18.7 Å². The first-order valence-electron chi connectivity index (χ1n) is 6.17. The zero-order valence-corrected chi connectivity index (χ0v) is 13.1. The van der Waals surface area contributed by atoms with Crippen LogP contribution in [0.1, 0.15) is 31.4 Å². The zero-order valence-electron chi connectivity index (χ0n) is 10.6. The van der Waals surface area contributed by atoms with Gasteiger partial charge < -0.3 is 4.74 Å². The SMILES string of the molecule is Cc1nc(Br)ccc1OC1CCCC(O[P+](=O)O)C1. The van der Waals surface area contributed by atoms with Crippen LogP contribution in [0, 0.1) is 6.92 Å². The van der Waals surface area contributed by atoms with Crippen molar-refractivity contribution >= 4 is 24.2 Å². The first-order chi connectivity index (χ1) is 9.04. The Hall–Kier alpha value is -0.550. The summed E-state index contributed by atoms with van der Waals surface area (Å²) in [7, 11) is -2.54. The van der Waals surface area contributed by atoms with Gasteiger partial charge in [0.05, 0.1) is 5.69 Å². The molecule has 1 saturated carbocycles. The van der Waals surface area contributed by atoms with Crippen molar-refractivity contribution in [2.45, 2.75) is 44.8 Å². The van der Waals surface area contributed by atoms with Crippen LogP contribution in [-0.2, 0) is 9.09 Å². The summed E-state index contributed by atoms with van der Waals surface area (Å²) in [5.74, 6) is 0.752. The van der Waals surface area contributed by atoms with Gasteiger partial charge in [-0.15, -0.1) is 9.42 Å². The van der Waals surface area contributed by atoms with Gasteiger partial charge in [-0.2, -0.15) is 0 Å². The number of halogens is 1. The van der Waals surface area contributed by atoms with E-state index in [0.29, 0.717) is 6.42 Å². The van der Waals surface area contributed by atoms with Crippen molar-refractivity contribution in [1.82, 2.24) is 4.98 Å². The second kappa shape index (κ2) is 6.75. The van der Waals surface area contributed by atoms with E-state index in [1.54, 1.807) is 0 Å². The molecule has 0 radical (unpaired) electrons. The minimum absolute atomic E-state index is 0.00961. The molecule has 7 heteroatoms. The number of pyridine rings is 1. The van der Waals surface area contributed by atoms with Crippen LogP contribution in [0.2, 0.25) is 0 Å². The summed E-state index contributed by atoms with van der Waals surface area (Å²) in [6.45, 7) is 1.89. The number of aromatic nitrogens is 1. The van der Waals surface area contributed by atoms with Gasteiger partial charge in [-0.05, 0) is 54.2 Å². The number of hydrogen-bond donors (Lipinski definition) is 1. The third-order valence-electron chi connectivity index (χ3n) is 3.11. The van der Waals surface area contributed by atoms with Crippen LogP contribution >= 0.6 is 24.2 Å². The number of nitrogens with zero attached hydrogens (tertiary/aromatic N) is 1. The average Bonchev–Trinajstić information content (AvgIpc) is 2.32. The summed E-state index contributed by atoms with van der Waals surface area (Å²) in [6.07, 6.45) is 3.11. The summed E-state index contributed by atoms with van der Waals surface area (Å²) in [5, 5.41) is 0. The summed E-state index contributed by atoms with van der Waals surface area (Å²) in [5.41, 5.74) is 0.825. The molecule has 19 heavy (non-hydrogen) atoms. The minimum atomic E-state index is -2.54. The van der Waals surface area contributed by atoms with E-state index >= 15 is 0 Å². The third-order valence-corrected chi connectivity index (χ3v) is 4.03. The predicted octanol–water partition coefficient (Wildman–Crippen LogP) is 3.51. The Bertz CT molecular complexity index is 471. The molecule has 0 aromatic carbocycles. The molecule has 5 nitrogen and oxygen atoms in total. The van der Waals surface area contributed by atoms with E-state index in [0.717, 1.165) is 35.3 Å². The summed E-state index contributed by atoms with van der Waals surface area (Å²) >= 11 is 3.31. The first-order valence-corrected chi connectivity index (χ1v) is 8.09. The van der Waals surface area contributed by atoms with E-state index in [-0.39, 0.29) is 12.2 Å². The number of hydrogen-bond acceptors (Lipinski definition) is 4. The number of aryl methyl sites for hydroxylation is 1. The second-order valence-electron chi connectivity index (χ2n) is 4.59. The van der Waals surface area contributed by atoms with Crippen LogP contribution < -0.4 is 4.74 Å². The molecular formula is C12H16BrNO4P+. The van der Waals surface area contributed by atoms with Crippen LogP contribution in [0.3, 0.4) is 0 Å². The Labute approximate surface area is 121 Å². The van der Waals surface area contributed by atoms with Crippen molar-refractivity contribution in [2.75, 3.05) is 0 Å². The molecule has 0 bridgehead atoms. The molecule has 2 rings (SSSR count). The molecule has 1 aliphatic rings. The minimum Gasteiger partial charge on any atom is -0.488 e. The van der Waals surface area contributed by atoms with Gasteiger partial charge in [0.15, 0.2) is 0 Å². The molecular weight excluding hydrogens is 333 g/mol. The molecule has 0 amide bonds. The van der Waals surface area contributed by atoms with E-state index in [9.17, 15) is 4.57 Å². The maximum absolute atomic E-state index is 10.7. The number of rotatable bonds is 4. The van der Waals surface area contributed by atoms with E-state index in [2.05, 4.69) is 20.9 Å². The highest BCUT2D eigenvalue weighted by atomic mass is 79.9.